The van der Waals surface area contributed by atoms with Crippen molar-refractivity contribution in [2.24, 2.45) is 0 Å². The second kappa shape index (κ2) is 4.10. The van der Waals surface area contributed by atoms with Crippen LogP contribution >= 0.6 is 0 Å². The van der Waals surface area contributed by atoms with E-state index in [1.54, 1.807) is 0 Å². The van der Waals surface area contributed by atoms with Gasteiger partial charge in [0.15, 0.2) is 0 Å². The molecular weight excluding hydrogens is 228 g/mol. The third-order valence-corrected chi connectivity index (χ3v) is 3.86. The maximum absolute atomic E-state index is 2.33. The fraction of sp³-hybridized carbons (Fsp3) is 0.0526. The first-order valence-corrected chi connectivity index (χ1v) is 6.70. The highest BCUT2D eigenvalue weighted by molar-refractivity contribution is 5.89. The number of rotatable bonds is 1. The van der Waals surface area contributed by atoms with Crippen molar-refractivity contribution in [3.63, 3.8) is 0 Å². The summed E-state index contributed by atoms with van der Waals surface area (Å²) in [4.78, 5) is 0. The molecule has 0 spiro atoms. The topological polar surface area (TPSA) is 0 Å². The zero-order valence-corrected chi connectivity index (χ0v) is 10.6. The summed E-state index contributed by atoms with van der Waals surface area (Å²) in [7, 11) is 0. The largest absolute Gasteiger partial charge is 0.0728 e. The molecule has 0 atom stereocenters. The second-order valence-electron chi connectivity index (χ2n) is 5.01. The minimum atomic E-state index is 1.06. The summed E-state index contributed by atoms with van der Waals surface area (Å²) in [5.41, 5.74) is 2.57. The standard InChI is InChI=1S/C19H14/c1-2-5-14(6-3-1)17-12-11-16-10-9-15-7-4-8-18(15)19(16)13-17/h1-3,5-13H,4H2. The van der Waals surface area contributed by atoms with E-state index in [4.69, 9.17) is 0 Å². The van der Waals surface area contributed by atoms with E-state index < -0.39 is 0 Å². The van der Waals surface area contributed by atoms with Gasteiger partial charge < -0.3 is 0 Å². The number of benzene rings is 3. The van der Waals surface area contributed by atoms with E-state index in [-0.39, 0.29) is 0 Å². The molecule has 0 fully saturated rings. The van der Waals surface area contributed by atoms with Crippen molar-refractivity contribution in [2.75, 3.05) is 0 Å². The maximum Gasteiger partial charge on any atom is -0.0102 e. The van der Waals surface area contributed by atoms with Gasteiger partial charge in [-0.2, -0.15) is 0 Å². The molecule has 90 valence electrons. The van der Waals surface area contributed by atoms with Crippen molar-refractivity contribution in [3.05, 3.63) is 71.1 Å². The van der Waals surface area contributed by atoms with E-state index in [1.165, 1.54) is 32.3 Å². The summed E-state index contributed by atoms with van der Waals surface area (Å²) in [6, 6.07) is 21.8. The lowest BCUT2D eigenvalue weighted by molar-refractivity contribution is 1.59. The summed E-state index contributed by atoms with van der Waals surface area (Å²) in [6.45, 7) is 0. The van der Waals surface area contributed by atoms with E-state index in [2.05, 4.69) is 72.8 Å². The molecule has 3 aromatic carbocycles. The average Bonchev–Trinajstić information content (AvgIpc) is 2.96. The fourth-order valence-corrected chi connectivity index (χ4v) is 2.88. The van der Waals surface area contributed by atoms with Crippen LogP contribution in [-0.4, -0.2) is 0 Å². The van der Waals surface area contributed by atoms with Crippen molar-refractivity contribution in [1.29, 1.82) is 0 Å². The maximum atomic E-state index is 2.33. The Morgan fingerprint density at radius 3 is 2.42 bits per heavy atom. The molecule has 0 nitrogen and oxygen atoms in total. The molecule has 0 unspecified atom stereocenters. The molecule has 0 saturated heterocycles. The number of hydrogen-bond acceptors (Lipinski definition) is 0. The van der Waals surface area contributed by atoms with E-state index >= 15 is 0 Å². The van der Waals surface area contributed by atoms with Crippen LogP contribution in [0.5, 0.6) is 0 Å². The summed E-state index contributed by atoms with van der Waals surface area (Å²) < 4.78 is 0. The van der Waals surface area contributed by atoms with Crippen LogP contribution < -0.4 is 10.4 Å². The first-order valence-electron chi connectivity index (χ1n) is 6.70. The lowest BCUT2D eigenvalue weighted by atomic mass is 10.00. The third kappa shape index (κ3) is 1.68. The summed E-state index contributed by atoms with van der Waals surface area (Å²) in [5, 5.41) is 5.46. The van der Waals surface area contributed by atoms with Crippen molar-refractivity contribution < 1.29 is 0 Å². The van der Waals surface area contributed by atoms with Crippen LogP contribution in [0.4, 0.5) is 0 Å². The molecule has 0 radical (unpaired) electrons. The molecule has 1 aliphatic rings. The molecule has 4 rings (SSSR count). The third-order valence-electron chi connectivity index (χ3n) is 3.86. The van der Waals surface area contributed by atoms with Crippen molar-refractivity contribution in [1.82, 2.24) is 0 Å². The van der Waals surface area contributed by atoms with Gasteiger partial charge in [0.05, 0.1) is 0 Å². The minimum absolute atomic E-state index is 1.06. The van der Waals surface area contributed by atoms with Crippen LogP contribution in [0, 0.1) is 0 Å². The molecule has 19 heavy (non-hydrogen) atoms. The molecule has 0 heteroatoms. The molecule has 1 aliphatic carbocycles. The molecule has 3 aromatic rings. The Bertz CT molecular complexity index is 871. The van der Waals surface area contributed by atoms with E-state index in [1.807, 2.05) is 0 Å². The van der Waals surface area contributed by atoms with Crippen molar-refractivity contribution >= 4 is 22.9 Å². The predicted molar refractivity (Wildman–Crippen MR) is 82.2 cm³/mol. The minimum Gasteiger partial charge on any atom is -0.0728 e. The van der Waals surface area contributed by atoms with Crippen molar-refractivity contribution in [2.45, 2.75) is 6.42 Å². The number of fused-ring (bicyclic) bond motifs is 3. The van der Waals surface area contributed by atoms with Crippen LogP contribution in [0.15, 0.2) is 60.7 Å². The van der Waals surface area contributed by atoms with Crippen LogP contribution in [0.3, 0.4) is 0 Å². The van der Waals surface area contributed by atoms with Gasteiger partial charge in [-0.1, -0.05) is 66.7 Å². The highest BCUT2D eigenvalue weighted by atomic mass is 14.1. The Labute approximate surface area is 112 Å². The van der Waals surface area contributed by atoms with Gasteiger partial charge in [0.2, 0.25) is 0 Å². The van der Waals surface area contributed by atoms with E-state index in [9.17, 15) is 0 Å². The average molecular weight is 242 g/mol. The van der Waals surface area contributed by atoms with Gasteiger partial charge in [0.1, 0.15) is 0 Å². The fourth-order valence-electron chi connectivity index (χ4n) is 2.88. The SMILES string of the molecule is C1=c2ccc3ccc(-c4ccccc4)cc3c2=CC1. The van der Waals surface area contributed by atoms with Crippen LogP contribution in [0.25, 0.3) is 34.1 Å². The molecule has 0 aliphatic heterocycles. The Morgan fingerprint density at radius 1 is 0.684 bits per heavy atom. The normalized spacial score (nSPS) is 12.8. The molecule has 0 saturated carbocycles. The van der Waals surface area contributed by atoms with Gasteiger partial charge in [-0.25, -0.2) is 0 Å². The Hall–Kier alpha value is -2.34. The smallest absolute Gasteiger partial charge is 0.0102 e. The van der Waals surface area contributed by atoms with Gasteiger partial charge in [0, 0.05) is 0 Å². The first-order chi connectivity index (χ1) is 9.42. The highest BCUT2D eigenvalue weighted by Gasteiger charge is 2.03. The Balaban J connectivity index is 2.05. The van der Waals surface area contributed by atoms with Gasteiger partial charge in [-0.05, 0) is 44.8 Å². The zero-order valence-electron chi connectivity index (χ0n) is 10.6. The first kappa shape index (κ1) is 10.6. The number of hydrogen-bond donors (Lipinski definition) is 0. The molecule has 0 N–H and O–H groups in total. The van der Waals surface area contributed by atoms with Gasteiger partial charge in [-0.15, -0.1) is 0 Å². The molecule has 0 amide bonds. The zero-order chi connectivity index (χ0) is 12.7. The molecule has 0 bridgehead atoms. The quantitative estimate of drug-likeness (QED) is 0.613. The summed E-state index contributed by atoms with van der Waals surface area (Å²) in [5.74, 6) is 0. The monoisotopic (exact) mass is 242 g/mol. The van der Waals surface area contributed by atoms with Gasteiger partial charge in [-0.3, -0.25) is 0 Å². The van der Waals surface area contributed by atoms with Crippen molar-refractivity contribution in [3.8, 4) is 11.1 Å². The van der Waals surface area contributed by atoms with Crippen LogP contribution in [-0.2, 0) is 0 Å². The summed E-state index contributed by atoms with van der Waals surface area (Å²) in [6.07, 6.45) is 5.68. The van der Waals surface area contributed by atoms with E-state index in [0.717, 1.165) is 6.42 Å². The Morgan fingerprint density at radius 2 is 1.53 bits per heavy atom. The molecule has 0 heterocycles. The molecular formula is C19H14. The Kier molecular flexibility index (Phi) is 2.28. The predicted octanol–water partition coefficient (Wildman–Crippen LogP) is 3.47. The van der Waals surface area contributed by atoms with Gasteiger partial charge in [0.25, 0.3) is 0 Å². The van der Waals surface area contributed by atoms with Gasteiger partial charge >= 0.3 is 0 Å². The second-order valence-corrected chi connectivity index (χ2v) is 5.01. The lowest BCUT2D eigenvalue weighted by Crippen LogP contribution is -2.21. The lowest BCUT2D eigenvalue weighted by Gasteiger charge is -2.04. The van der Waals surface area contributed by atoms with E-state index in [0.29, 0.717) is 0 Å². The summed E-state index contributed by atoms with van der Waals surface area (Å²) >= 11 is 0. The van der Waals surface area contributed by atoms with Crippen LogP contribution in [0.1, 0.15) is 6.42 Å². The molecule has 0 aromatic heterocycles. The van der Waals surface area contributed by atoms with Crippen LogP contribution in [0.2, 0.25) is 0 Å². The highest BCUT2D eigenvalue weighted by Crippen LogP contribution is 2.22.